The van der Waals surface area contributed by atoms with Gasteiger partial charge in [0.1, 0.15) is 5.60 Å². The van der Waals surface area contributed by atoms with Crippen molar-refractivity contribution in [2.75, 3.05) is 36.4 Å². The molecule has 29 heavy (non-hydrogen) atoms. The van der Waals surface area contributed by atoms with E-state index in [4.69, 9.17) is 4.74 Å². The molecule has 2 aliphatic heterocycles. The first kappa shape index (κ1) is 21.4. The van der Waals surface area contributed by atoms with Crippen LogP contribution in [0, 0.1) is 0 Å². The molecule has 0 unspecified atom stereocenters. The molecule has 7 nitrogen and oxygen atoms in total. The van der Waals surface area contributed by atoms with E-state index >= 15 is 0 Å². The lowest BCUT2D eigenvalue weighted by atomic mass is 10.0. The fourth-order valence-electron chi connectivity index (χ4n) is 3.93. The highest BCUT2D eigenvalue weighted by atomic mass is 16.6. The van der Waals surface area contributed by atoms with Gasteiger partial charge < -0.3 is 20.3 Å². The number of rotatable bonds is 3. The second kappa shape index (κ2) is 9.03. The predicted molar refractivity (Wildman–Crippen MR) is 116 cm³/mol. The van der Waals surface area contributed by atoms with Crippen LogP contribution in [0.5, 0.6) is 0 Å². The lowest BCUT2D eigenvalue weighted by Gasteiger charge is -2.32. The second-order valence-electron chi connectivity index (χ2n) is 8.89. The van der Waals surface area contributed by atoms with Crippen LogP contribution in [-0.4, -0.2) is 54.8 Å². The molecular weight excluding hydrogens is 368 g/mol. The largest absolute Gasteiger partial charge is 0.443 e. The maximum absolute atomic E-state index is 12.5. The number of urea groups is 1. The molecule has 1 fully saturated rings. The summed E-state index contributed by atoms with van der Waals surface area (Å²) in [5.74, 6) is 0. The molecule has 2 N–H and O–H groups in total. The van der Waals surface area contributed by atoms with E-state index in [-0.39, 0.29) is 18.2 Å². The third kappa shape index (κ3) is 5.85. The SMILES string of the molecule is CCN1CCC(NC(=O)Nc2ccc3c(c2)CCCN3C(=O)OC(C)(C)C)CC1. The zero-order valence-electron chi connectivity index (χ0n) is 18.1. The molecule has 1 aromatic rings. The molecule has 0 aromatic heterocycles. The van der Waals surface area contributed by atoms with E-state index < -0.39 is 5.60 Å². The molecule has 3 rings (SSSR count). The van der Waals surface area contributed by atoms with E-state index in [1.54, 1.807) is 4.90 Å². The Morgan fingerprint density at radius 3 is 2.55 bits per heavy atom. The van der Waals surface area contributed by atoms with Crippen molar-refractivity contribution in [2.24, 2.45) is 0 Å². The minimum absolute atomic E-state index is 0.167. The number of anilines is 2. The van der Waals surface area contributed by atoms with Crippen molar-refractivity contribution >= 4 is 23.5 Å². The van der Waals surface area contributed by atoms with Gasteiger partial charge in [0, 0.05) is 31.4 Å². The first-order valence-electron chi connectivity index (χ1n) is 10.7. The summed E-state index contributed by atoms with van der Waals surface area (Å²) in [4.78, 5) is 29.0. The highest BCUT2D eigenvalue weighted by Gasteiger charge is 2.27. The topological polar surface area (TPSA) is 73.9 Å². The molecule has 0 radical (unpaired) electrons. The summed E-state index contributed by atoms with van der Waals surface area (Å²) in [6.45, 7) is 11.5. The number of hydrogen-bond acceptors (Lipinski definition) is 4. The van der Waals surface area contributed by atoms with E-state index in [0.29, 0.717) is 6.54 Å². The zero-order valence-corrected chi connectivity index (χ0v) is 18.1. The van der Waals surface area contributed by atoms with Crippen molar-refractivity contribution < 1.29 is 14.3 Å². The number of nitrogens with zero attached hydrogens (tertiary/aromatic N) is 2. The van der Waals surface area contributed by atoms with Crippen LogP contribution in [0.2, 0.25) is 0 Å². The minimum Gasteiger partial charge on any atom is -0.443 e. The molecule has 0 saturated carbocycles. The molecule has 160 valence electrons. The summed E-state index contributed by atoms with van der Waals surface area (Å²) < 4.78 is 5.53. The molecule has 2 aliphatic rings. The number of benzene rings is 1. The van der Waals surface area contributed by atoms with E-state index in [0.717, 1.165) is 62.3 Å². The molecule has 0 aliphatic carbocycles. The van der Waals surface area contributed by atoms with E-state index in [2.05, 4.69) is 22.5 Å². The van der Waals surface area contributed by atoms with Crippen LogP contribution in [0.1, 0.15) is 52.5 Å². The standard InChI is InChI=1S/C22H34N4O3/c1-5-25-13-10-17(11-14-25)23-20(27)24-18-8-9-19-16(15-18)7-6-12-26(19)21(28)29-22(2,3)4/h8-9,15,17H,5-7,10-14H2,1-4H3,(H2,23,24,27). The number of amides is 3. The summed E-state index contributed by atoms with van der Waals surface area (Å²) in [7, 11) is 0. The Bertz CT molecular complexity index is 736. The predicted octanol–water partition coefficient (Wildman–Crippen LogP) is 3.98. The normalized spacial score (nSPS) is 18.1. The summed E-state index contributed by atoms with van der Waals surface area (Å²) >= 11 is 0. The van der Waals surface area contributed by atoms with Gasteiger partial charge in [-0.3, -0.25) is 4.90 Å². The van der Waals surface area contributed by atoms with Gasteiger partial charge in [0.25, 0.3) is 0 Å². The number of fused-ring (bicyclic) bond motifs is 1. The van der Waals surface area contributed by atoms with Crippen molar-refractivity contribution in [3.05, 3.63) is 23.8 Å². The van der Waals surface area contributed by atoms with Gasteiger partial charge in [-0.1, -0.05) is 6.92 Å². The van der Waals surface area contributed by atoms with Crippen LogP contribution >= 0.6 is 0 Å². The number of piperidine rings is 1. The van der Waals surface area contributed by atoms with Gasteiger partial charge in [0.2, 0.25) is 0 Å². The quantitative estimate of drug-likeness (QED) is 0.802. The number of carbonyl (C=O) groups is 2. The third-order valence-corrected chi connectivity index (χ3v) is 5.44. The number of ether oxygens (including phenoxy) is 1. The Balaban J connectivity index is 1.60. The van der Waals surface area contributed by atoms with Gasteiger partial charge in [-0.05, 0) is 76.8 Å². The second-order valence-corrected chi connectivity index (χ2v) is 8.89. The van der Waals surface area contributed by atoms with Crippen molar-refractivity contribution in [2.45, 2.75) is 65.0 Å². The Morgan fingerprint density at radius 2 is 1.90 bits per heavy atom. The number of likely N-dealkylation sites (tertiary alicyclic amines) is 1. The monoisotopic (exact) mass is 402 g/mol. The van der Waals surface area contributed by atoms with Crippen molar-refractivity contribution in [3.63, 3.8) is 0 Å². The highest BCUT2D eigenvalue weighted by molar-refractivity contribution is 5.92. The van der Waals surface area contributed by atoms with Crippen LogP contribution in [0.15, 0.2) is 18.2 Å². The Labute approximate surface area is 173 Å². The first-order valence-corrected chi connectivity index (χ1v) is 10.7. The number of nitrogens with one attached hydrogen (secondary N) is 2. The van der Waals surface area contributed by atoms with Gasteiger partial charge in [-0.25, -0.2) is 9.59 Å². The van der Waals surface area contributed by atoms with E-state index in [1.165, 1.54) is 0 Å². The average Bonchev–Trinajstić information content (AvgIpc) is 2.66. The maximum atomic E-state index is 12.5. The molecule has 0 spiro atoms. The zero-order chi connectivity index (χ0) is 21.0. The van der Waals surface area contributed by atoms with Gasteiger partial charge in [0.05, 0.1) is 5.69 Å². The van der Waals surface area contributed by atoms with E-state index in [1.807, 2.05) is 39.0 Å². The van der Waals surface area contributed by atoms with Crippen LogP contribution in [-0.2, 0) is 11.2 Å². The molecule has 0 bridgehead atoms. The fraction of sp³-hybridized carbons (Fsp3) is 0.636. The van der Waals surface area contributed by atoms with E-state index in [9.17, 15) is 9.59 Å². The molecule has 0 atom stereocenters. The van der Waals surface area contributed by atoms with Crippen LogP contribution in [0.25, 0.3) is 0 Å². The lowest BCUT2D eigenvalue weighted by Crippen LogP contribution is -2.45. The number of carbonyl (C=O) groups excluding carboxylic acids is 2. The van der Waals surface area contributed by atoms with Crippen LogP contribution in [0.3, 0.4) is 0 Å². The summed E-state index contributed by atoms with van der Waals surface area (Å²) in [6, 6.07) is 5.76. The van der Waals surface area contributed by atoms with Crippen molar-refractivity contribution in [1.29, 1.82) is 0 Å². The van der Waals surface area contributed by atoms with Crippen molar-refractivity contribution in [1.82, 2.24) is 10.2 Å². The lowest BCUT2D eigenvalue weighted by molar-refractivity contribution is 0.0578. The summed E-state index contributed by atoms with van der Waals surface area (Å²) in [5, 5.41) is 6.03. The fourth-order valence-corrected chi connectivity index (χ4v) is 3.93. The Morgan fingerprint density at radius 1 is 1.17 bits per heavy atom. The summed E-state index contributed by atoms with van der Waals surface area (Å²) in [5.41, 5.74) is 2.14. The van der Waals surface area contributed by atoms with Gasteiger partial charge in [-0.15, -0.1) is 0 Å². The third-order valence-electron chi connectivity index (χ3n) is 5.44. The minimum atomic E-state index is -0.526. The first-order chi connectivity index (χ1) is 13.7. The average molecular weight is 403 g/mol. The van der Waals surface area contributed by atoms with Gasteiger partial charge in [0.15, 0.2) is 0 Å². The molecule has 7 heteroatoms. The van der Waals surface area contributed by atoms with Gasteiger partial charge >= 0.3 is 12.1 Å². The van der Waals surface area contributed by atoms with Crippen LogP contribution in [0.4, 0.5) is 21.0 Å². The molecule has 3 amide bonds. The number of hydrogen-bond donors (Lipinski definition) is 2. The Kier molecular flexibility index (Phi) is 6.67. The van der Waals surface area contributed by atoms with Crippen molar-refractivity contribution in [3.8, 4) is 0 Å². The molecule has 1 saturated heterocycles. The van der Waals surface area contributed by atoms with Crippen LogP contribution < -0.4 is 15.5 Å². The smallest absolute Gasteiger partial charge is 0.414 e. The highest BCUT2D eigenvalue weighted by Crippen LogP contribution is 2.31. The molecule has 1 aromatic carbocycles. The summed E-state index contributed by atoms with van der Waals surface area (Å²) in [6.07, 6.45) is 3.39. The molecular formula is C22H34N4O3. The maximum Gasteiger partial charge on any atom is 0.414 e. The van der Waals surface area contributed by atoms with Gasteiger partial charge in [-0.2, -0.15) is 0 Å². The number of aryl methyl sites for hydroxylation is 1. The molecule has 2 heterocycles. The Hall–Kier alpha value is -2.28.